The predicted molar refractivity (Wildman–Crippen MR) is 82.9 cm³/mol. The molecule has 1 unspecified atom stereocenters. The Morgan fingerprint density at radius 2 is 2.11 bits per heavy atom. The van der Waals surface area contributed by atoms with Crippen LogP contribution in [0.25, 0.3) is 10.8 Å². The number of halogens is 1. The van der Waals surface area contributed by atoms with Gasteiger partial charge in [-0.05, 0) is 45.1 Å². The lowest BCUT2D eigenvalue weighted by Crippen LogP contribution is -2.28. The average Bonchev–Trinajstić information content (AvgIpc) is 2.86. The number of benzene rings is 1. The molecule has 1 aromatic carbocycles. The molecule has 96 valence electrons. The molecule has 5 heteroatoms. The number of hydrazine groups is 1. The molecule has 0 saturated carbocycles. The van der Waals surface area contributed by atoms with E-state index >= 15 is 0 Å². The summed E-state index contributed by atoms with van der Waals surface area (Å²) in [5.74, 6) is 5.76. The van der Waals surface area contributed by atoms with Crippen LogP contribution in [0.5, 0.6) is 0 Å². The minimum Gasteiger partial charge on any atom is -0.271 e. The van der Waals surface area contributed by atoms with E-state index in [1.165, 1.54) is 10.3 Å². The number of fused-ring (bicyclic) bond motifs is 1. The Morgan fingerprint density at radius 1 is 1.21 bits per heavy atom. The van der Waals surface area contributed by atoms with Crippen molar-refractivity contribution < 1.29 is 0 Å². The summed E-state index contributed by atoms with van der Waals surface area (Å²) < 4.78 is 1.10. The van der Waals surface area contributed by atoms with Crippen LogP contribution < -0.4 is 11.3 Å². The lowest BCUT2D eigenvalue weighted by Gasteiger charge is -2.16. The second-order valence-corrected chi connectivity index (χ2v) is 6.68. The maximum absolute atomic E-state index is 5.76. The van der Waals surface area contributed by atoms with E-state index in [0.29, 0.717) is 0 Å². The number of nitrogens with one attached hydrogen (secondary N) is 1. The second kappa shape index (κ2) is 5.38. The molecule has 3 rings (SSSR count). The van der Waals surface area contributed by atoms with Crippen molar-refractivity contribution in [2.24, 2.45) is 5.84 Å². The Morgan fingerprint density at radius 3 is 2.84 bits per heavy atom. The third-order valence-corrected chi connectivity index (χ3v) is 4.76. The van der Waals surface area contributed by atoms with E-state index in [4.69, 9.17) is 5.84 Å². The quantitative estimate of drug-likeness (QED) is 0.568. The Labute approximate surface area is 123 Å². The molecule has 0 amide bonds. The van der Waals surface area contributed by atoms with E-state index in [1.54, 1.807) is 17.5 Å². The molecular formula is C14H12BrN3S. The number of hydrogen-bond donors (Lipinski definition) is 2. The second-order valence-electron chi connectivity index (χ2n) is 4.19. The molecule has 3 aromatic rings. The van der Waals surface area contributed by atoms with Gasteiger partial charge in [0.2, 0.25) is 0 Å². The fourth-order valence-electron chi connectivity index (χ4n) is 2.20. The number of hydrogen-bond acceptors (Lipinski definition) is 4. The van der Waals surface area contributed by atoms with E-state index in [-0.39, 0.29) is 6.04 Å². The van der Waals surface area contributed by atoms with Gasteiger partial charge in [0.05, 0.1) is 9.83 Å². The first kappa shape index (κ1) is 12.7. The van der Waals surface area contributed by atoms with Gasteiger partial charge in [-0.15, -0.1) is 11.3 Å². The zero-order valence-electron chi connectivity index (χ0n) is 10.0. The van der Waals surface area contributed by atoms with Gasteiger partial charge in [-0.25, -0.2) is 5.43 Å². The van der Waals surface area contributed by atoms with E-state index < -0.39 is 0 Å². The highest BCUT2D eigenvalue weighted by molar-refractivity contribution is 9.11. The summed E-state index contributed by atoms with van der Waals surface area (Å²) in [7, 11) is 0. The predicted octanol–water partition coefficient (Wildman–Crippen LogP) is 3.61. The third-order valence-electron chi connectivity index (χ3n) is 3.07. The van der Waals surface area contributed by atoms with Crippen LogP contribution in [0.4, 0.5) is 0 Å². The van der Waals surface area contributed by atoms with E-state index in [9.17, 15) is 0 Å². The van der Waals surface area contributed by atoms with Gasteiger partial charge in [-0.3, -0.25) is 10.8 Å². The van der Waals surface area contributed by atoms with Gasteiger partial charge in [-0.1, -0.05) is 18.2 Å². The third kappa shape index (κ3) is 2.42. The van der Waals surface area contributed by atoms with Crippen LogP contribution in [0.1, 0.15) is 16.5 Å². The first-order chi connectivity index (χ1) is 9.29. The summed E-state index contributed by atoms with van der Waals surface area (Å²) >= 11 is 5.17. The molecule has 2 aromatic heterocycles. The molecule has 0 spiro atoms. The molecule has 2 heterocycles. The maximum Gasteiger partial charge on any atom is 0.0809 e. The average molecular weight is 334 g/mol. The van der Waals surface area contributed by atoms with Crippen molar-refractivity contribution in [3.63, 3.8) is 0 Å². The minimum absolute atomic E-state index is 0.0239. The van der Waals surface area contributed by atoms with Crippen LogP contribution in [0.3, 0.4) is 0 Å². The largest absolute Gasteiger partial charge is 0.271 e. The Balaban J connectivity index is 2.16. The molecule has 0 bridgehead atoms. The summed E-state index contributed by atoms with van der Waals surface area (Å²) in [6, 6.07) is 12.3. The Hall–Kier alpha value is -1.27. The van der Waals surface area contributed by atoms with Crippen molar-refractivity contribution in [3.05, 3.63) is 63.0 Å². The molecule has 1 atom stereocenters. The molecule has 0 aliphatic heterocycles. The van der Waals surface area contributed by atoms with Crippen LogP contribution in [-0.4, -0.2) is 4.98 Å². The summed E-state index contributed by atoms with van der Waals surface area (Å²) in [4.78, 5) is 5.39. The highest BCUT2D eigenvalue weighted by Gasteiger charge is 2.16. The van der Waals surface area contributed by atoms with E-state index in [2.05, 4.69) is 44.5 Å². The maximum atomic E-state index is 5.76. The van der Waals surface area contributed by atoms with Crippen molar-refractivity contribution in [2.45, 2.75) is 6.04 Å². The van der Waals surface area contributed by atoms with Gasteiger partial charge in [0.15, 0.2) is 0 Å². The zero-order valence-corrected chi connectivity index (χ0v) is 12.4. The van der Waals surface area contributed by atoms with Crippen molar-refractivity contribution in [1.82, 2.24) is 10.4 Å². The van der Waals surface area contributed by atoms with Crippen molar-refractivity contribution in [1.29, 1.82) is 0 Å². The van der Waals surface area contributed by atoms with Gasteiger partial charge in [0.1, 0.15) is 0 Å². The minimum atomic E-state index is -0.0239. The number of rotatable bonds is 3. The van der Waals surface area contributed by atoms with Gasteiger partial charge < -0.3 is 0 Å². The van der Waals surface area contributed by atoms with Crippen LogP contribution in [0.2, 0.25) is 0 Å². The number of aromatic nitrogens is 1. The van der Waals surface area contributed by atoms with Crippen LogP contribution in [0.15, 0.2) is 52.6 Å². The van der Waals surface area contributed by atoms with Crippen LogP contribution in [0, 0.1) is 0 Å². The molecule has 0 fully saturated rings. The molecule has 3 N–H and O–H groups in total. The van der Waals surface area contributed by atoms with Gasteiger partial charge in [-0.2, -0.15) is 0 Å². The monoisotopic (exact) mass is 333 g/mol. The normalized spacial score (nSPS) is 12.7. The Kier molecular flexibility index (Phi) is 3.61. The lowest BCUT2D eigenvalue weighted by molar-refractivity contribution is 0.650. The van der Waals surface area contributed by atoms with Crippen LogP contribution in [-0.2, 0) is 0 Å². The number of nitrogens with two attached hydrogens (primary N) is 1. The lowest BCUT2D eigenvalue weighted by atomic mass is 10.00. The molecule has 3 nitrogen and oxygen atoms in total. The van der Waals surface area contributed by atoms with Gasteiger partial charge >= 0.3 is 0 Å². The molecule has 0 aliphatic carbocycles. The SMILES string of the molecule is NNC(c1ccc(Br)s1)c1cccc2ccncc12. The molecular weight excluding hydrogens is 322 g/mol. The summed E-state index contributed by atoms with van der Waals surface area (Å²) in [5.41, 5.74) is 4.04. The first-order valence-corrected chi connectivity index (χ1v) is 7.44. The fourth-order valence-corrected chi connectivity index (χ4v) is 3.70. The Bertz CT molecular complexity index is 705. The highest BCUT2D eigenvalue weighted by Crippen LogP contribution is 2.33. The van der Waals surface area contributed by atoms with E-state index in [1.807, 2.05) is 24.4 Å². The molecule has 0 aliphatic rings. The fraction of sp³-hybridized carbons (Fsp3) is 0.0714. The molecule has 19 heavy (non-hydrogen) atoms. The summed E-state index contributed by atoms with van der Waals surface area (Å²) in [5, 5.41) is 2.29. The molecule has 0 saturated heterocycles. The zero-order chi connectivity index (χ0) is 13.2. The van der Waals surface area contributed by atoms with Crippen LogP contribution >= 0.6 is 27.3 Å². The standard InChI is InChI=1S/C14H12BrN3S/c15-13-5-4-12(19-13)14(18-16)10-3-1-2-9-6-7-17-8-11(9)10/h1-8,14,18H,16H2. The summed E-state index contributed by atoms with van der Waals surface area (Å²) in [6.45, 7) is 0. The van der Waals surface area contributed by atoms with Crippen molar-refractivity contribution in [3.8, 4) is 0 Å². The smallest absolute Gasteiger partial charge is 0.0809 e. The summed E-state index contributed by atoms with van der Waals surface area (Å²) in [6.07, 6.45) is 3.69. The van der Waals surface area contributed by atoms with E-state index in [0.717, 1.165) is 14.7 Å². The van der Waals surface area contributed by atoms with Crippen molar-refractivity contribution in [2.75, 3.05) is 0 Å². The van der Waals surface area contributed by atoms with Crippen molar-refractivity contribution >= 4 is 38.0 Å². The number of nitrogens with zero attached hydrogens (tertiary/aromatic N) is 1. The van der Waals surface area contributed by atoms with Gasteiger partial charge in [0, 0.05) is 22.7 Å². The highest BCUT2D eigenvalue weighted by atomic mass is 79.9. The first-order valence-electron chi connectivity index (χ1n) is 5.83. The number of thiophene rings is 1. The van der Waals surface area contributed by atoms with Gasteiger partial charge in [0.25, 0.3) is 0 Å². The number of pyridine rings is 1. The topological polar surface area (TPSA) is 50.9 Å². The molecule has 0 radical (unpaired) electrons.